The number of hydrogen-bond donors (Lipinski definition) is 0. The highest BCUT2D eigenvalue weighted by molar-refractivity contribution is 6.06. The van der Waals surface area contributed by atoms with E-state index >= 15 is 0 Å². The first-order chi connectivity index (χ1) is 8.99. The number of carbonyl (C=O) groups excluding carboxylic acids is 3. The molecule has 19 heavy (non-hydrogen) atoms. The van der Waals surface area contributed by atoms with Crippen LogP contribution in [0.4, 0.5) is 0 Å². The first kappa shape index (κ1) is 13.5. The third-order valence-electron chi connectivity index (χ3n) is 3.40. The van der Waals surface area contributed by atoms with Crippen molar-refractivity contribution in [2.45, 2.75) is 26.7 Å². The predicted molar refractivity (Wildman–Crippen MR) is 70.6 cm³/mol. The zero-order valence-corrected chi connectivity index (χ0v) is 11.2. The average Bonchev–Trinajstić information content (AvgIpc) is 2.34. The molecule has 1 heterocycles. The minimum atomic E-state index is -0.245. The molecule has 0 bridgehead atoms. The Kier molecular flexibility index (Phi) is 3.79. The lowest BCUT2D eigenvalue weighted by atomic mass is 9.97. The Balaban J connectivity index is 2.13. The number of benzene rings is 1. The van der Waals surface area contributed by atoms with Gasteiger partial charge in [-0.1, -0.05) is 31.2 Å². The van der Waals surface area contributed by atoms with Gasteiger partial charge in [0.05, 0.1) is 6.54 Å². The number of aryl methyl sites for hydroxylation is 1. The maximum atomic E-state index is 12.2. The van der Waals surface area contributed by atoms with Crippen molar-refractivity contribution in [1.29, 1.82) is 0 Å². The maximum Gasteiger partial charge on any atom is 0.229 e. The van der Waals surface area contributed by atoms with Crippen molar-refractivity contribution in [2.75, 3.05) is 6.54 Å². The van der Waals surface area contributed by atoms with Gasteiger partial charge in [-0.2, -0.15) is 0 Å². The van der Waals surface area contributed by atoms with E-state index in [9.17, 15) is 14.4 Å². The summed E-state index contributed by atoms with van der Waals surface area (Å²) < 4.78 is 0. The summed E-state index contributed by atoms with van der Waals surface area (Å²) in [6.45, 7) is 3.57. The number of piperidine rings is 1. The number of rotatable bonds is 3. The minimum Gasteiger partial charge on any atom is -0.292 e. The molecule has 0 aliphatic carbocycles. The lowest BCUT2D eigenvalue weighted by molar-refractivity contribution is -0.149. The first-order valence-corrected chi connectivity index (χ1v) is 6.41. The Morgan fingerprint density at radius 2 is 1.79 bits per heavy atom. The summed E-state index contributed by atoms with van der Waals surface area (Å²) in [7, 11) is 0. The summed E-state index contributed by atoms with van der Waals surface area (Å²) in [6, 6.07) is 7.20. The van der Waals surface area contributed by atoms with Gasteiger partial charge in [0, 0.05) is 18.4 Å². The molecule has 0 radical (unpaired) electrons. The van der Waals surface area contributed by atoms with E-state index in [1.165, 1.54) is 0 Å². The van der Waals surface area contributed by atoms with Crippen LogP contribution in [-0.2, 0) is 9.59 Å². The lowest BCUT2D eigenvalue weighted by Gasteiger charge is -2.27. The molecule has 0 aromatic heterocycles. The fourth-order valence-corrected chi connectivity index (χ4v) is 2.32. The molecular weight excluding hydrogens is 242 g/mol. The first-order valence-electron chi connectivity index (χ1n) is 6.41. The smallest absolute Gasteiger partial charge is 0.229 e. The quantitative estimate of drug-likeness (QED) is 0.616. The van der Waals surface area contributed by atoms with Gasteiger partial charge in [0.25, 0.3) is 0 Å². The molecule has 0 spiro atoms. The molecule has 1 aliphatic rings. The fourth-order valence-electron chi connectivity index (χ4n) is 2.32. The van der Waals surface area contributed by atoms with Crippen LogP contribution in [0.2, 0.25) is 0 Å². The van der Waals surface area contributed by atoms with E-state index in [2.05, 4.69) is 0 Å². The molecule has 4 nitrogen and oxygen atoms in total. The van der Waals surface area contributed by atoms with Crippen LogP contribution >= 0.6 is 0 Å². The van der Waals surface area contributed by atoms with Gasteiger partial charge in [0.1, 0.15) is 0 Å². The number of likely N-dealkylation sites (tertiary alicyclic amines) is 1. The van der Waals surface area contributed by atoms with Gasteiger partial charge in [0.2, 0.25) is 11.8 Å². The lowest BCUT2D eigenvalue weighted by Crippen LogP contribution is -2.45. The van der Waals surface area contributed by atoms with Crippen LogP contribution < -0.4 is 0 Å². The standard InChI is InChI=1S/C15H17NO3/c1-10-7-14(18)16(15(19)8-10)9-13(17)12-6-4-3-5-11(12)2/h3-6,10H,7-9H2,1-2H3. The molecule has 1 aromatic rings. The van der Waals surface area contributed by atoms with Crippen LogP contribution in [0.25, 0.3) is 0 Å². The molecule has 4 heteroatoms. The molecular formula is C15H17NO3. The number of amides is 2. The molecule has 100 valence electrons. The van der Waals surface area contributed by atoms with E-state index in [1.807, 2.05) is 26.0 Å². The maximum absolute atomic E-state index is 12.2. The second-order valence-electron chi connectivity index (χ2n) is 5.13. The molecule has 1 saturated heterocycles. The Morgan fingerprint density at radius 3 is 2.37 bits per heavy atom. The molecule has 0 unspecified atom stereocenters. The number of imide groups is 1. The van der Waals surface area contributed by atoms with E-state index in [0.29, 0.717) is 18.4 Å². The number of carbonyl (C=O) groups is 3. The SMILES string of the molecule is Cc1ccccc1C(=O)CN1C(=O)CC(C)CC1=O. The molecule has 2 amide bonds. The fraction of sp³-hybridized carbons (Fsp3) is 0.400. The van der Waals surface area contributed by atoms with E-state index in [4.69, 9.17) is 0 Å². The van der Waals surface area contributed by atoms with Crippen LogP contribution in [-0.4, -0.2) is 29.0 Å². The van der Waals surface area contributed by atoms with Gasteiger partial charge >= 0.3 is 0 Å². The highest BCUT2D eigenvalue weighted by atomic mass is 16.2. The number of nitrogens with zero attached hydrogens (tertiary/aromatic N) is 1. The topological polar surface area (TPSA) is 54.5 Å². The van der Waals surface area contributed by atoms with E-state index in [1.54, 1.807) is 12.1 Å². The monoisotopic (exact) mass is 259 g/mol. The third-order valence-corrected chi connectivity index (χ3v) is 3.40. The second kappa shape index (κ2) is 5.34. The van der Waals surface area contributed by atoms with Crippen LogP contribution in [0.3, 0.4) is 0 Å². The minimum absolute atomic E-state index is 0.0739. The Morgan fingerprint density at radius 1 is 1.21 bits per heavy atom. The van der Waals surface area contributed by atoms with Gasteiger partial charge in [-0.05, 0) is 18.4 Å². The summed E-state index contributed by atoms with van der Waals surface area (Å²) in [5.74, 6) is -0.601. The molecule has 2 rings (SSSR count). The molecule has 0 N–H and O–H groups in total. The molecule has 1 aromatic carbocycles. The van der Waals surface area contributed by atoms with Crippen LogP contribution in [0, 0.1) is 12.8 Å². The van der Waals surface area contributed by atoms with Crippen molar-refractivity contribution < 1.29 is 14.4 Å². The van der Waals surface area contributed by atoms with Crippen molar-refractivity contribution >= 4 is 17.6 Å². The van der Waals surface area contributed by atoms with E-state index in [-0.39, 0.29) is 30.1 Å². The van der Waals surface area contributed by atoms with E-state index < -0.39 is 0 Å². The molecule has 0 saturated carbocycles. The third kappa shape index (κ3) is 2.89. The summed E-state index contributed by atoms with van der Waals surface area (Å²) in [5, 5.41) is 0. The number of Topliss-reactive ketones (excluding diaryl/α,β-unsaturated/α-hetero) is 1. The second-order valence-corrected chi connectivity index (χ2v) is 5.13. The zero-order chi connectivity index (χ0) is 14.0. The normalized spacial score (nSPS) is 16.8. The van der Waals surface area contributed by atoms with Crippen molar-refractivity contribution in [3.05, 3.63) is 35.4 Å². The van der Waals surface area contributed by atoms with Gasteiger partial charge in [-0.25, -0.2) is 0 Å². The average molecular weight is 259 g/mol. The van der Waals surface area contributed by atoms with Crippen molar-refractivity contribution in [3.8, 4) is 0 Å². The summed E-state index contributed by atoms with van der Waals surface area (Å²) in [4.78, 5) is 36.9. The largest absolute Gasteiger partial charge is 0.292 e. The van der Waals surface area contributed by atoms with Gasteiger partial charge in [-0.15, -0.1) is 0 Å². The summed E-state index contributed by atoms with van der Waals surface area (Å²) in [6.07, 6.45) is 0.680. The Labute approximate surface area is 112 Å². The van der Waals surface area contributed by atoms with Crippen LogP contribution in [0.15, 0.2) is 24.3 Å². The number of ketones is 1. The van der Waals surface area contributed by atoms with Crippen molar-refractivity contribution in [3.63, 3.8) is 0 Å². The van der Waals surface area contributed by atoms with Gasteiger partial charge in [-0.3, -0.25) is 19.3 Å². The molecule has 1 aliphatic heterocycles. The van der Waals surface area contributed by atoms with Crippen LogP contribution in [0.5, 0.6) is 0 Å². The van der Waals surface area contributed by atoms with Gasteiger partial charge in [0.15, 0.2) is 5.78 Å². The summed E-state index contributed by atoms with van der Waals surface area (Å²) >= 11 is 0. The summed E-state index contributed by atoms with van der Waals surface area (Å²) in [5.41, 5.74) is 1.43. The molecule has 1 fully saturated rings. The highest BCUT2D eigenvalue weighted by Gasteiger charge is 2.31. The van der Waals surface area contributed by atoms with Crippen molar-refractivity contribution in [2.24, 2.45) is 5.92 Å². The van der Waals surface area contributed by atoms with E-state index in [0.717, 1.165) is 10.5 Å². The zero-order valence-electron chi connectivity index (χ0n) is 11.2. The van der Waals surface area contributed by atoms with Crippen molar-refractivity contribution in [1.82, 2.24) is 4.90 Å². The Hall–Kier alpha value is -1.97. The number of hydrogen-bond acceptors (Lipinski definition) is 3. The molecule has 0 atom stereocenters. The highest BCUT2D eigenvalue weighted by Crippen LogP contribution is 2.19. The van der Waals surface area contributed by atoms with Crippen LogP contribution in [0.1, 0.15) is 35.7 Å². The predicted octanol–water partition coefficient (Wildman–Crippen LogP) is 1.96. The Bertz CT molecular complexity index is 518. The van der Waals surface area contributed by atoms with Gasteiger partial charge < -0.3 is 0 Å².